The molecule has 1 unspecified atom stereocenters. The number of hydrogen-bond donors (Lipinski definition) is 2. The van der Waals surface area contributed by atoms with Crippen molar-refractivity contribution in [3.63, 3.8) is 0 Å². The molecule has 2 aromatic rings. The van der Waals surface area contributed by atoms with Crippen LogP contribution in [0.15, 0.2) is 52.3 Å². The van der Waals surface area contributed by atoms with Crippen molar-refractivity contribution < 1.29 is 15.0 Å². The van der Waals surface area contributed by atoms with Crippen LogP contribution >= 0.6 is 11.8 Å². The molecule has 19 heavy (non-hydrogen) atoms. The Hall–Kier alpha value is -1.78. The molecule has 0 amide bonds. The molecule has 1 aliphatic heterocycles. The molecule has 0 aliphatic carbocycles. The molecule has 0 aromatic heterocycles. The lowest BCUT2D eigenvalue weighted by molar-refractivity contribution is 0.0694. The first-order valence-electron chi connectivity index (χ1n) is 5.97. The number of aromatic carboxylic acids is 1. The van der Waals surface area contributed by atoms with Crippen LogP contribution < -0.4 is 0 Å². The molecular weight excluding hydrogens is 260 g/mol. The molecule has 96 valence electrons. The third-order valence-electron chi connectivity index (χ3n) is 3.26. The maximum Gasteiger partial charge on any atom is 0.336 e. The maximum atomic E-state index is 11.3. The van der Waals surface area contributed by atoms with Gasteiger partial charge < -0.3 is 10.2 Å². The number of aliphatic hydroxyl groups is 1. The molecule has 2 aromatic carbocycles. The molecule has 0 spiro atoms. The Kier molecular flexibility index (Phi) is 3.05. The second kappa shape index (κ2) is 4.72. The smallest absolute Gasteiger partial charge is 0.336 e. The fourth-order valence-corrected chi connectivity index (χ4v) is 3.51. The largest absolute Gasteiger partial charge is 0.478 e. The standard InChI is InChI=1S/C15H12O3S/c16-12-8-11-9(15(17)18)5-3-7-14(11)19-13-6-2-1-4-10(12)13/h1-7,12,16H,8H2,(H,17,18). The summed E-state index contributed by atoms with van der Waals surface area (Å²) in [6.45, 7) is 0. The lowest BCUT2D eigenvalue weighted by Gasteiger charge is -2.11. The van der Waals surface area contributed by atoms with Gasteiger partial charge in [0.05, 0.1) is 11.7 Å². The fraction of sp³-hybridized carbons (Fsp3) is 0.133. The lowest BCUT2D eigenvalue weighted by atomic mass is 9.98. The van der Waals surface area contributed by atoms with Crippen LogP contribution in [0.5, 0.6) is 0 Å². The van der Waals surface area contributed by atoms with Crippen molar-refractivity contribution in [1.82, 2.24) is 0 Å². The van der Waals surface area contributed by atoms with E-state index in [9.17, 15) is 15.0 Å². The molecule has 3 rings (SSSR count). The van der Waals surface area contributed by atoms with Crippen molar-refractivity contribution in [2.45, 2.75) is 22.3 Å². The highest BCUT2D eigenvalue weighted by molar-refractivity contribution is 7.99. The van der Waals surface area contributed by atoms with Gasteiger partial charge in [0.25, 0.3) is 0 Å². The second-order valence-corrected chi connectivity index (χ2v) is 5.53. The molecule has 1 atom stereocenters. The van der Waals surface area contributed by atoms with Crippen LogP contribution in [0.4, 0.5) is 0 Å². The molecule has 0 radical (unpaired) electrons. The number of rotatable bonds is 1. The van der Waals surface area contributed by atoms with Crippen LogP contribution in [0.2, 0.25) is 0 Å². The molecule has 0 saturated heterocycles. The summed E-state index contributed by atoms with van der Waals surface area (Å²) in [5.41, 5.74) is 1.85. The minimum Gasteiger partial charge on any atom is -0.478 e. The number of benzene rings is 2. The zero-order chi connectivity index (χ0) is 13.4. The van der Waals surface area contributed by atoms with Gasteiger partial charge in [-0.1, -0.05) is 36.0 Å². The molecule has 0 fully saturated rings. The number of carboxylic acid groups (broad SMARTS) is 1. The van der Waals surface area contributed by atoms with Crippen LogP contribution in [0.3, 0.4) is 0 Å². The summed E-state index contributed by atoms with van der Waals surface area (Å²) in [5, 5.41) is 19.5. The quantitative estimate of drug-likeness (QED) is 0.837. The third kappa shape index (κ3) is 2.13. The SMILES string of the molecule is O=C(O)c1cccc2c1CC(O)c1ccccc1S2. The third-order valence-corrected chi connectivity index (χ3v) is 4.45. The first-order valence-corrected chi connectivity index (χ1v) is 6.78. The first kappa shape index (κ1) is 12.3. The molecule has 1 heterocycles. The fourth-order valence-electron chi connectivity index (χ4n) is 2.34. The Bertz CT molecular complexity index is 652. The number of carboxylic acids is 1. The van der Waals surface area contributed by atoms with Gasteiger partial charge in [0.15, 0.2) is 0 Å². The zero-order valence-corrected chi connectivity index (χ0v) is 10.9. The van der Waals surface area contributed by atoms with E-state index in [0.717, 1.165) is 15.4 Å². The average molecular weight is 272 g/mol. The van der Waals surface area contributed by atoms with Gasteiger partial charge in [-0.05, 0) is 29.3 Å². The van der Waals surface area contributed by atoms with E-state index in [1.165, 1.54) is 11.8 Å². The Balaban J connectivity index is 2.17. The van der Waals surface area contributed by atoms with Gasteiger partial charge in [0.2, 0.25) is 0 Å². The predicted molar refractivity (Wildman–Crippen MR) is 72.6 cm³/mol. The summed E-state index contributed by atoms with van der Waals surface area (Å²) >= 11 is 1.52. The normalized spacial score (nSPS) is 17.2. The molecule has 0 saturated carbocycles. The highest BCUT2D eigenvalue weighted by atomic mass is 32.2. The van der Waals surface area contributed by atoms with Gasteiger partial charge in [-0.3, -0.25) is 0 Å². The van der Waals surface area contributed by atoms with E-state index >= 15 is 0 Å². The lowest BCUT2D eigenvalue weighted by Crippen LogP contribution is -2.07. The monoisotopic (exact) mass is 272 g/mol. The van der Waals surface area contributed by atoms with E-state index in [0.29, 0.717) is 12.0 Å². The Morgan fingerprint density at radius 2 is 1.84 bits per heavy atom. The zero-order valence-electron chi connectivity index (χ0n) is 10.0. The summed E-state index contributed by atoms with van der Waals surface area (Å²) in [6.07, 6.45) is -0.326. The summed E-state index contributed by atoms with van der Waals surface area (Å²) in [7, 11) is 0. The maximum absolute atomic E-state index is 11.3. The van der Waals surface area contributed by atoms with Crippen LogP contribution in [0.1, 0.15) is 27.6 Å². The Morgan fingerprint density at radius 3 is 2.63 bits per heavy atom. The average Bonchev–Trinajstić information content (AvgIpc) is 2.54. The van der Waals surface area contributed by atoms with Crippen molar-refractivity contribution in [2.75, 3.05) is 0 Å². The van der Waals surface area contributed by atoms with E-state index in [2.05, 4.69) is 0 Å². The second-order valence-electron chi connectivity index (χ2n) is 4.45. The topological polar surface area (TPSA) is 57.5 Å². The summed E-state index contributed by atoms with van der Waals surface area (Å²) in [4.78, 5) is 13.2. The first-order chi connectivity index (χ1) is 9.16. The number of hydrogen-bond acceptors (Lipinski definition) is 3. The van der Waals surface area contributed by atoms with E-state index in [1.807, 2.05) is 30.3 Å². The minimum atomic E-state index is -0.949. The molecular formula is C15H12O3S. The van der Waals surface area contributed by atoms with Gasteiger partial charge in [0, 0.05) is 16.2 Å². The summed E-state index contributed by atoms with van der Waals surface area (Å²) in [5.74, 6) is -0.949. The van der Waals surface area contributed by atoms with Gasteiger partial charge >= 0.3 is 5.97 Å². The highest BCUT2D eigenvalue weighted by Gasteiger charge is 2.24. The summed E-state index contributed by atoms with van der Waals surface area (Å²) in [6, 6.07) is 12.9. The van der Waals surface area contributed by atoms with Crippen LogP contribution in [-0.2, 0) is 6.42 Å². The van der Waals surface area contributed by atoms with E-state index in [-0.39, 0.29) is 5.56 Å². The van der Waals surface area contributed by atoms with Crippen LogP contribution in [0, 0.1) is 0 Å². The van der Waals surface area contributed by atoms with Crippen molar-refractivity contribution in [3.05, 3.63) is 59.2 Å². The van der Waals surface area contributed by atoms with Crippen LogP contribution in [0.25, 0.3) is 0 Å². The van der Waals surface area contributed by atoms with Gasteiger partial charge in [-0.15, -0.1) is 0 Å². The Labute approximate surface area is 114 Å². The number of fused-ring (bicyclic) bond motifs is 2. The molecule has 4 heteroatoms. The predicted octanol–water partition coefficient (Wildman–Crippen LogP) is 3.13. The summed E-state index contributed by atoms with van der Waals surface area (Å²) < 4.78 is 0. The molecule has 2 N–H and O–H groups in total. The van der Waals surface area contributed by atoms with Gasteiger partial charge in [0.1, 0.15) is 0 Å². The van der Waals surface area contributed by atoms with E-state index in [1.54, 1.807) is 12.1 Å². The molecule has 1 aliphatic rings. The minimum absolute atomic E-state index is 0.275. The van der Waals surface area contributed by atoms with Gasteiger partial charge in [-0.25, -0.2) is 4.79 Å². The molecule has 0 bridgehead atoms. The highest BCUT2D eigenvalue weighted by Crippen LogP contribution is 2.41. The van der Waals surface area contributed by atoms with Crippen molar-refractivity contribution in [3.8, 4) is 0 Å². The van der Waals surface area contributed by atoms with E-state index in [4.69, 9.17) is 0 Å². The van der Waals surface area contributed by atoms with Crippen molar-refractivity contribution in [2.24, 2.45) is 0 Å². The van der Waals surface area contributed by atoms with Gasteiger partial charge in [-0.2, -0.15) is 0 Å². The van der Waals surface area contributed by atoms with E-state index < -0.39 is 12.1 Å². The molecule has 3 nitrogen and oxygen atoms in total. The number of carbonyl (C=O) groups is 1. The Morgan fingerprint density at radius 1 is 1.11 bits per heavy atom. The van der Waals surface area contributed by atoms with Crippen molar-refractivity contribution in [1.29, 1.82) is 0 Å². The van der Waals surface area contributed by atoms with Crippen molar-refractivity contribution >= 4 is 17.7 Å². The van der Waals surface area contributed by atoms with Crippen LogP contribution in [-0.4, -0.2) is 16.2 Å². The number of aliphatic hydroxyl groups excluding tert-OH is 1.